The van der Waals surface area contributed by atoms with Crippen molar-refractivity contribution in [2.45, 2.75) is 31.8 Å². The summed E-state index contributed by atoms with van der Waals surface area (Å²) in [6.07, 6.45) is 1.32. The molecule has 1 heteroatoms. The van der Waals surface area contributed by atoms with Crippen molar-refractivity contribution in [3.63, 3.8) is 0 Å². The van der Waals surface area contributed by atoms with Crippen LogP contribution in [0.2, 0.25) is 4.59 Å². The summed E-state index contributed by atoms with van der Waals surface area (Å²) in [6.45, 7) is 6.81. The van der Waals surface area contributed by atoms with Crippen LogP contribution in [-0.2, 0) is 0 Å². The van der Waals surface area contributed by atoms with Gasteiger partial charge in [0.25, 0.3) is 0 Å². The second kappa shape index (κ2) is 3.58. The van der Waals surface area contributed by atoms with E-state index < -0.39 is 0 Å². The van der Waals surface area contributed by atoms with Gasteiger partial charge in [-0.25, -0.2) is 0 Å². The molecule has 0 saturated heterocycles. The Morgan fingerprint density at radius 3 is 1.86 bits per heavy atom. The molecule has 0 radical (unpaired) electrons. The number of rotatable bonds is 2. The summed E-state index contributed by atoms with van der Waals surface area (Å²) < 4.78 is 0.866. The van der Waals surface area contributed by atoms with Crippen LogP contribution in [0.4, 0.5) is 0 Å². The van der Waals surface area contributed by atoms with Gasteiger partial charge < -0.3 is 0 Å². The topological polar surface area (TPSA) is 0 Å². The van der Waals surface area contributed by atoms with E-state index in [0.29, 0.717) is 0 Å². The van der Waals surface area contributed by atoms with Crippen molar-refractivity contribution in [1.29, 1.82) is 0 Å². The molecule has 2 unspecified atom stereocenters. The van der Waals surface area contributed by atoms with Gasteiger partial charge in [0.1, 0.15) is 0 Å². The molecule has 0 heterocycles. The predicted molar refractivity (Wildman–Crippen MR) is 34.6 cm³/mol. The summed E-state index contributed by atoms with van der Waals surface area (Å²) in [5.41, 5.74) is 0. The maximum absolute atomic E-state index is 2.30. The zero-order valence-corrected chi connectivity index (χ0v) is 5.86. The van der Waals surface area contributed by atoms with E-state index in [2.05, 4.69) is 38.5 Å². The van der Waals surface area contributed by atoms with Crippen LogP contribution in [0.1, 0.15) is 27.2 Å². The van der Waals surface area contributed by atoms with Crippen molar-refractivity contribution in [2.24, 2.45) is 5.92 Å². The van der Waals surface area contributed by atoms with Gasteiger partial charge >= 0.3 is 55.4 Å². The fourth-order valence-electron chi connectivity index (χ4n) is 0.471. The van der Waals surface area contributed by atoms with Gasteiger partial charge in [0.15, 0.2) is 0 Å². The Morgan fingerprint density at radius 2 is 1.86 bits per heavy atom. The molecule has 0 saturated carbocycles. The van der Waals surface area contributed by atoms with Gasteiger partial charge in [-0.1, -0.05) is 0 Å². The first-order valence-corrected chi connectivity index (χ1v) is 3.18. The van der Waals surface area contributed by atoms with Gasteiger partial charge in [-0.3, -0.25) is 0 Å². The summed E-state index contributed by atoms with van der Waals surface area (Å²) in [6, 6.07) is 0. The van der Waals surface area contributed by atoms with Gasteiger partial charge in [-0.15, -0.1) is 0 Å². The zero-order chi connectivity index (χ0) is 5.86. The molecule has 0 nitrogen and oxygen atoms in total. The first-order valence-electron chi connectivity index (χ1n) is 3.18. The predicted octanol–water partition coefficient (Wildman–Crippen LogP) is 2.01. The van der Waals surface area contributed by atoms with Crippen LogP contribution in [0, 0.1) is 5.92 Å². The Bertz CT molecular complexity index is 41.4. The SMILES string of the molecule is [Li][CH](C)C(C)CC. The van der Waals surface area contributed by atoms with Crippen molar-refractivity contribution in [3.05, 3.63) is 0 Å². The molecule has 0 aliphatic rings. The molecule has 0 amide bonds. The van der Waals surface area contributed by atoms with E-state index in [4.69, 9.17) is 0 Å². The summed E-state index contributed by atoms with van der Waals surface area (Å²) in [5.74, 6) is 0.903. The van der Waals surface area contributed by atoms with Gasteiger partial charge in [0, 0.05) is 0 Å². The van der Waals surface area contributed by atoms with E-state index in [1.807, 2.05) is 0 Å². The average Bonchev–Trinajstić information content (AvgIpc) is 1.65. The second-order valence-corrected chi connectivity index (χ2v) is 2.63. The van der Waals surface area contributed by atoms with E-state index in [9.17, 15) is 0 Å². The van der Waals surface area contributed by atoms with Crippen molar-refractivity contribution in [2.75, 3.05) is 0 Å². The molecule has 0 aliphatic heterocycles. The van der Waals surface area contributed by atoms with Crippen molar-refractivity contribution in [1.82, 2.24) is 0 Å². The quantitative estimate of drug-likeness (QED) is 0.457. The van der Waals surface area contributed by atoms with E-state index >= 15 is 0 Å². The molecular weight excluding hydrogens is 79.0 g/mol. The van der Waals surface area contributed by atoms with Crippen molar-refractivity contribution in [3.8, 4) is 0 Å². The number of hydrogen-bond acceptors (Lipinski definition) is 0. The van der Waals surface area contributed by atoms with Gasteiger partial charge in [-0.05, 0) is 0 Å². The van der Waals surface area contributed by atoms with Crippen LogP contribution in [0.5, 0.6) is 0 Å². The average molecular weight is 92.1 g/mol. The van der Waals surface area contributed by atoms with E-state index in [1.54, 1.807) is 0 Å². The Kier molecular flexibility index (Phi) is 3.89. The third-order valence-electron chi connectivity index (χ3n) is 1.78. The van der Waals surface area contributed by atoms with Crippen LogP contribution >= 0.6 is 0 Å². The van der Waals surface area contributed by atoms with Crippen LogP contribution in [-0.4, -0.2) is 17.7 Å². The molecule has 0 spiro atoms. The fraction of sp³-hybridized carbons (Fsp3) is 1.00. The summed E-state index contributed by atoms with van der Waals surface area (Å²) in [7, 11) is 0. The van der Waals surface area contributed by atoms with Crippen LogP contribution in [0.15, 0.2) is 0 Å². The van der Waals surface area contributed by atoms with E-state index in [-0.39, 0.29) is 0 Å². The standard InChI is InChI=1S/C6H13.Li/c1-4-6(3)5-2;/h4,6H,5H2,1-3H3;. The van der Waals surface area contributed by atoms with Crippen LogP contribution in [0.3, 0.4) is 0 Å². The third-order valence-corrected chi connectivity index (χ3v) is 1.78. The van der Waals surface area contributed by atoms with Crippen LogP contribution < -0.4 is 0 Å². The zero-order valence-electron chi connectivity index (χ0n) is 5.86. The second-order valence-electron chi connectivity index (χ2n) is 2.63. The summed E-state index contributed by atoms with van der Waals surface area (Å²) in [4.78, 5) is 0. The summed E-state index contributed by atoms with van der Waals surface area (Å²) in [5, 5.41) is 0. The molecule has 38 valence electrons. The van der Waals surface area contributed by atoms with Crippen molar-refractivity contribution >= 4 is 17.7 Å². The number of hydrogen-bond donors (Lipinski definition) is 0. The molecule has 0 aliphatic carbocycles. The molecule has 0 aromatic rings. The van der Waals surface area contributed by atoms with E-state index in [0.717, 1.165) is 10.5 Å². The van der Waals surface area contributed by atoms with Gasteiger partial charge in [-0.2, -0.15) is 0 Å². The molecule has 0 fully saturated rings. The molecule has 7 heavy (non-hydrogen) atoms. The first-order chi connectivity index (χ1) is 3.18. The minimum absolute atomic E-state index is 0.866. The fourth-order valence-corrected chi connectivity index (χ4v) is 0.471. The normalized spacial score (nSPS) is 19.0. The van der Waals surface area contributed by atoms with Crippen molar-refractivity contribution < 1.29 is 0 Å². The molecule has 0 rings (SSSR count). The molecule has 0 aromatic heterocycles. The van der Waals surface area contributed by atoms with Gasteiger partial charge in [0.2, 0.25) is 0 Å². The molecular formula is C6H13Li. The first kappa shape index (κ1) is 7.60. The molecule has 2 atom stereocenters. The minimum atomic E-state index is 0.866. The van der Waals surface area contributed by atoms with E-state index in [1.165, 1.54) is 6.42 Å². The summed E-state index contributed by atoms with van der Waals surface area (Å²) >= 11 is 2.27. The Morgan fingerprint density at radius 1 is 1.43 bits per heavy atom. The Hall–Kier alpha value is 0.597. The molecule has 0 N–H and O–H groups in total. The molecule has 0 bridgehead atoms. The van der Waals surface area contributed by atoms with Crippen LogP contribution in [0.25, 0.3) is 0 Å². The van der Waals surface area contributed by atoms with Gasteiger partial charge in [0.05, 0.1) is 0 Å². The third kappa shape index (κ3) is 3.20. The Balaban J connectivity index is 3.14. The Labute approximate surface area is 55.9 Å². The molecule has 0 aromatic carbocycles. The monoisotopic (exact) mass is 92.1 g/mol. The maximum atomic E-state index is 2.30.